The Morgan fingerprint density at radius 3 is 2.59 bits per heavy atom. The van der Waals surface area contributed by atoms with Crippen molar-refractivity contribution in [1.29, 1.82) is 0 Å². The molecule has 1 aromatic heterocycles. The minimum atomic E-state index is -4.40. The van der Waals surface area contributed by atoms with Crippen LogP contribution in [0.5, 0.6) is 0 Å². The van der Waals surface area contributed by atoms with Crippen molar-refractivity contribution in [1.82, 2.24) is 9.55 Å². The average molecular weight is 247 g/mol. The maximum atomic E-state index is 13.2. The van der Waals surface area contributed by atoms with E-state index in [0.717, 1.165) is 10.6 Å². The van der Waals surface area contributed by atoms with Crippen LogP contribution < -0.4 is 5.73 Å². The predicted molar refractivity (Wildman–Crippen MR) is 54.9 cm³/mol. The number of imidazole rings is 1. The third kappa shape index (κ3) is 2.17. The van der Waals surface area contributed by atoms with Gasteiger partial charge in [0, 0.05) is 6.07 Å². The molecule has 0 unspecified atom stereocenters. The lowest BCUT2D eigenvalue weighted by atomic mass is 10.2. The van der Waals surface area contributed by atoms with Crippen LogP contribution in [-0.4, -0.2) is 15.7 Å². The van der Waals surface area contributed by atoms with Crippen LogP contribution in [0, 0.1) is 12.7 Å². The van der Waals surface area contributed by atoms with Crippen molar-refractivity contribution in [2.45, 2.75) is 19.6 Å². The molecule has 0 atom stereocenters. The molecule has 0 radical (unpaired) electrons. The Labute approximate surface area is 93.8 Å². The summed E-state index contributed by atoms with van der Waals surface area (Å²) in [6.45, 7) is 0.232. The Hall–Kier alpha value is -1.79. The van der Waals surface area contributed by atoms with Gasteiger partial charge in [0.2, 0.25) is 5.95 Å². The van der Waals surface area contributed by atoms with E-state index in [9.17, 15) is 17.6 Å². The number of nitrogen functional groups attached to an aromatic ring is 1. The van der Waals surface area contributed by atoms with Crippen LogP contribution in [0.3, 0.4) is 0 Å². The van der Waals surface area contributed by atoms with Crippen molar-refractivity contribution in [2.24, 2.45) is 0 Å². The van der Waals surface area contributed by atoms with Gasteiger partial charge in [0.15, 0.2) is 0 Å². The van der Waals surface area contributed by atoms with Crippen molar-refractivity contribution >= 4 is 17.0 Å². The average Bonchev–Trinajstić information content (AvgIpc) is 2.43. The number of halogens is 4. The lowest BCUT2D eigenvalue weighted by Crippen LogP contribution is -2.19. The Kier molecular flexibility index (Phi) is 2.48. The van der Waals surface area contributed by atoms with Gasteiger partial charge in [0.25, 0.3) is 0 Å². The van der Waals surface area contributed by atoms with Gasteiger partial charge in [-0.2, -0.15) is 13.2 Å². The van der Waals surface area contributed by atoms with Gasteiger partial charge in [0.1, 0.15) is 12.4 Å². The highest BCUT2D eigenvalue weighted by molar-refractivity contribution is 5.79. The van der Waals surface area contributed by atoms with Crippen molar-refractivity contribution in [2.75, 3.05) is 5.73 Å². The number of hydrogen-bond acceptors (Lipinski definition) is 2. The third-order valence-electron chi connectivity index (χ3n) is 2.40. The summed E-state index contributed by atoms with van der Waals surface area (Å²) in [6, 6.07) is 2.38. The number of nitrogens with two attached hydrogens (primary N) is 1. The second-order valence-electron chi connectivity index (χ2n) is 3.76. The predicted octanol–water partition coefficient (Wildman–Crippen LogP) is 2.63. The summed E-state index contributed by atoms with van der Waals surface area (Å²) in [6.07, 6.45) is -4.40. The molecule has 2 rings (SSSR count). The number of aromatic nitrogens is 2. The number of anilines is 1. The molecule has 0 aliphatic heterocycles. The van der Waals surface area contributed by atoms with Crippen molar-refractivity contribution < 1.29 is 17.6 Å². The molecule has 0 saturated heterocycles. The normalized spacial score (nSPS) is 12.3. The van der Waals surface area contributed by atoms with E-state index in [-0.39, 0.29) is 22.5 Å². The van der Waals surface area contributed by atoms with E-state index < -0.39 is 18.5 Å². The van der Waals surface area contributed by atoms with E-state index in [4.69, 9.17) is 5.73 Å². The Morgan fingerprint density at radius 1 is 1.35 bits per heavy atom. The molecule has 3 nitrogen and oxygen atoms in total. The molecule has 0 saturated carbocycles. The summed E-state index contributed by atoms with van der Waals surface area (Å²) in [5.41, 5.74) is 5.94. The molecule has 92 valence electrons. The van der Waals surface area contributed by atoms with Crippen LogP contribution in [0.2, 0.25) is 0 Å². The van der Waals surface area contributed by atoms with Gasteiger partial charge >= 0.3 is 6.18 Å². The zero-order valence-corrected chi connectivity index (χ0v) is 8.85. The summed E-state index contributed by atoms with van der Waals surface area (Å²) < 4.78 is 51.0. The van der Waals surface area contributed by atoms with Crippen LogP contribution in [0.4, 0.5) is 23.5 Å². The maximum absolute atomic E-state index is 13.2. The fourth-order valence-electron chi connectivity index (χ4n) is 1.61. The van der Waals surface area contributed by atoms with Gasteiger partial charge < -0.3 is 10.3 Å². The molecule has 2 N–H and O–H groups in total. The minimum absolute atomic E-state index is 0.120. The van der Waals surface area contributed by atoms with Crippen LogP contribution >= 0.6 is 0 Å². The molecular formula is C10H9F4N3. The summed E-state index contributed by atoms with van der Waals surface area (Å²) in [7, 11) is 0. The van der Waals surface area contributed by atoms with Crippen molar-refractivity contribution in [3.05, 3.63) is 23.5 Å². The monoisotopic (exact) mass is 247 g/mol. The largest absolute Gasteiger partial charge is 0.406 e. The van der Waals surface area contributed by atoms with E-state index in [0.29, 0.717) is 0 Å². The first-order valence-corrected chi connectivity index (χ1v) is 4.76. The van der Waals surface area contributed by atoms with Gasteiger partial charge in [-0.25, -0.2) is 9.37 Å². The molecule has 0 bridgehead atoms. The van der Waals surface area contributed by atoms with E-state index in [1.54, 1.807) is 0 Å². The molecule has 1 heterocycles. The van der Waals surface area contributed by atoms with Gasteiger partial charge in [0.05, 0.1) is 11.0 Å². The first-order valence-electron chi connectivity index (χ1n) is 4.76. The molecule has 0 spiro atoms. The molecule has 1 aromatic carbocycles. The number of rotatable bonds is 1. The molecular weight excluding hydrogens is 238 g/mol. The van der Waals surface area contributed by atoms with Crippen LogP contribution in [-0.2, 0) is 6.54 Å². The second kappa shape index (κ2) is 3.61. The van der Waals surface area contributed by atoms with E-state index in [2.05, 4.69) is 4.98 Å². The SMILES string of the molecule is Cc1cc2c(cc1F)nc(N)n2CC(F)(F)F. The third-order valence-corrected chi connectivity index (χ3v) is 2.40. The zero-order valence-electron chi connectivity index (χ0n) is 8.85. The van der Waals surface area contributed by atoms with Gasteiger partial charge in [-0.05, 0) is 18.6 Å². The fourth-order valence-corrected chi connectivity index (χ4v) is 1.61. The van der Waals surface area contributed by atoms with Crippen LogP contribution in [0.15, 0.2) is 12.1 Å². The molecule has 0 amide bonds. The minimum Gasteiger partial charge on any atom is -0.369 e. The molecule has 2 aromatic rings. The highest BCUT2D eigenvalue weighted by Crippen LogP contribution is 2.26. The van der Waals surface area contributed by atoms with Crippen molar-refractivity contribution in [3.63, 3.8) is 0 Å². The first-order chi connectivity index (χ1) is 7.78. The number of fused-ring (bicyclic) bond motifs is 1. The number of nitrogens with zero attached hydrogens (tertiary/aromatic N) is 2. The Morgan fingerprint density at radius 2 is 2.00 bits per heavy atom. The molecule has 0 aliphatic carbocycles. The summed E-state index contributed by atoms with van der Waals surface area (Å²) in [5, 5.41) is 0. The lowest BCUT2D eigenvalue weighted by Gasteiger charge is -2.09. The summed E-state index contributed by atoms with van der Waals surface area (Å²) in [5.74, 6) is -0.795. The fraction of sp³-hybridized carbons (Fsp3) is 0.300. The molecule has 7 heteroatoms. The van der Waals surface area contributed by atoms with Crippen LogP contribution in [0.1, 0.15) is 5.56 Å². The van der Waals surface area contributed by atoms with E-state index in [1.165, 1.54) is 13.0 Å². The first kappa shape index (κ1) is 11.7. The second-order valence-corrected chi connectivity index (χ2v) is 3.76. The summed E-state index contributed by atoms with van der Waals surface area (Å²) >= 11 is 0. The Bertz CT molecular complexity index is 571. The standard InChI is InChI=1S/C10H9F4N3/c1-5-2-8-7(3-6(5)11)16-9(15)17(8)4-10(12,13)14/h2-3H,4H2,1H3,(H2,15,16). The molecule has 17 heavy (non-hydrogen) atoms. The van der Waals surface area contributed by atoms with E-state index >= 15 is 0 Å². The van der Waals surface area contributed by atoms with Gasteiger partial charge in [-0.1, -0.05) is 0 Å². The number of hydrogen-bond donors (Lipinski definition) is 1. The zero-order chi connectivity index (χ0) is 12.8. The number of benzene rings is 1. The summed E-state index contributed by atoms with van der Waals surface area (Å²) in [4.78, 5) is 3.70. The highest BCUT2D eigenvalue weighted by atomic mass is 19.4. The molecule has 0 aliphatic rings. The smallest absolute Gasteiger partial charge is 0.369 e. The van der Waals surface area contributed by atoms with Crippen LogP contribution in [0.25, 0.3) is 11.0 Å². The van der Waals surface area contributed by atoms with E-state index in [1.807, 2.05) is 0 Å². The molecule has 0 fully saturated rings. The highest BCUT2D eigenvalue weighted by Gasteiger charge is 2.30. The quantitative estimate of drug-likeness (QED) is 0.787. The van der Waals surface area contributed by atoms with Crippen molar-refractivity contribution in [3.8, 4) is 0 Å². The number of aryl methyl sites for hydroxylation is 1. The van der Waals surface area contributed by atoms with Gasteiger partial charge in [-0.15, -0.1) is 0 Å². The number of alkyl halides is 3. The Balaban J connectivity index is 2.63. The lowest BCUT2D eigenvalue weighted by molar-refractivity contribution is -0.139. The maximum Gasteiger partial charge on any atom is 0.406 e. The van der Waals surface area contributed by atoms with Gasteiger partial charge in [-0.3, -0.25) is 0 Å². The topological polar surface area (TPSA) is 43.8 Å².